The van der Waals surface area contributed by atoms with Crippen molar-refractivity contribution >= 4 is 22.9 Å². The summed E-state index contributed by atoms with van der Waals surface area (Å²) in [6.45, 7) is 3.11. The minimum Gasteiger partial charge on any atom is -0.496 e. The molecule has 1 amide bonds. The van der Waals surface area contributed by atoms with E-state index in [9.17, 15) is 4.79 Å². The van der Waals surface area contributed by atoms with Gasteiger partial charge in [0.05, 0.1) is 12.0 Å². The van der Waals surface area contributed by atoms with Gasteiger partial charge in [0.1, 0.15) is 5.75 Å². The summed E-state index contributed by atoms with van der Waals surface area (Å²) in [4.78, 5) is 14.9. The molecule has 5 heteroatoms. The molecular formula is C15H18N2O2S. The average Bonchev–Trinajstić information content (AvgIpc) is 2.94. The normalized spacial score (nSPS) is 10.3. The molecule has 2 aromatic rings. The lowest BCUT2D eigenvalue weighted by Crippen LogP contribution is -2.30. The summed E-state index contributed by atoms with van der Waals surface area (Å²) in [6.07, 6.45) is 0. The zero-order valence-corrected chi connectivity index (χ0v) is 12.4. The quantitative estimate of drug-likeness (QED) is 0.861. The smallest absolute Gasteiger partial charge is 0.264 e. The van der Waals surface area contributed by atoms with E-state index < -0.39 is 0 Å². The van der Waals surface area contributed by atoms with Crippen molar-refractivity contribution in [1.82, 2.24) is 4.90 Å². The lowest BCUT2D eigenvalue weighted by atomic mass is 10.1. The van der Waals surface area contributed by atoms with E-state index in [1.807, 2.05) is 36.6 Å². The van der Waals surface area contributed by atoms with Gasteiger partial charge >= 0.3 is 0 Å². The van der Waals surface area contributed by atoms with Crippen molar-refractivity contribution in [2.75, 3.05) is 19.4 Å². The van der Waals surface area contributed by atoms with Crippen LogP contribution in [0.4, 0.5) is 5.69 Å². The summed E-state index contributed by atoms with van der Waals surface area (Å²) in [7, 11) is 1.60. The van der Waals surface area contributed by atoms with E-state index in [4.69, 9.17) is 10.5 Å². The summed E-state index contributed by atoms with van der Waals surface area (Å²) >= 11 is 1.39. The summed E-state index contributed by atoms with van der Waals surface area (Å²) in [5, 5.41) is 1.83. The Morgan fingerprint density at radius 1 is 1.40 bits per heavy atom. The van der Waals surface area contributed by atoms with Crippen molar-refractivity contribution in [3.8, 4) is 5.75 Å². The van der Waals surface area contributed by atoms with Crippen molar-refractivity contribution in [2.24, 2.45) is 0 Å². The third-order valence-corrected chi connectivity index (χ3v) is 4.00. The highest BCUT2D eigenvalue weighted by molar-refractivity contribution is 7.12. The molecule has 1 heterocycles. The van der Waals surface area contributed by atoms with Crippen molar-refractivity contribution < 1.29 is 9.53 Å². The average molecular weight is 290 g/mol. The lowest BCUT2D eigenvalue weighted by molar-refractivity contribution is 0.0757. The SMILES string of the molecule is CCN(Cc1ccccc1N)C(=O)c1cc(OC)cs1. The van der Waals surface area contributed by atoms with E-state index in [0.29, 0.717) is 29.4 Å². The number of para-hydroxylation sites is 1. The number of rotatable bonds is 5. The molecule has 0 radical (unpaired) electrons. The summed E-state index contributed by atoms with van der Waals surface area (Å²) in [5.74, 6) is 0.720. The highest BCUT2D eigenvalue weighted by atomic mass is 32.1. The molecule has 1 aromatic heterocycles. The molecule has 0 aliphatic heterocycles. The standard InChI is InChI=1S/C15H18N2O2S/c1-3-17(9-11-6-4-5-7-13(11)16)15(18)14-8-12(19-2)10-20-14/h4-8,10H,3,9,16H2,1-2H3. The van der Waals surface area contributed by atoms with Crippen LogP contribution in [0.5, 0.6) is 5.75 Å². The van der Waals surface area contributed by atoms with Crippen molar-refractivity contribution in [1.29, 1.82) is 0 Å². The molecule has 0 aliphatic carbocycles. The van der Waals surface area contributed by atoms with E-state index >= 15 is 0 Å². The number of carbonyl (C=O) groups is 1. The zero-order valence-electron chi connectivity index (χ0n) is 11.6. The Balaban J connectivity index is 2.15. The molecule has 0 fully saturated rings. The maximum absolute atomic E-state index is 12.5. The molecular weight excluding hydrogens is 272 g/mol. The maximum Gasteiger partial charge on any atom is 0.264 e. The van der Waals surface area contributed by atoms with Gasteiger partial charge in [0.15, 0.2) is 0 Å². The van der Waals surface area contributed by atoms with E-state index in [1.54, 1.807) is 18.1 Å². The van der Waals surface area contributed by atoms with Crippen LogP contribution in [-0.2, 0) is 6.54 Å². The molecule has 0 saturated carbocycles. The van der Waals surface area contributed by atoms with Gasteiger partial charge in [0.25, 0.3) is 5.91 Å². The number of nitrogen functional groups attached to an aromatic ring is 1. The number of nitrogens with two attached hydrogens (primary N) is 1. The second kappa shape index (κ2) is 6.43. The van der Waals surface area contributed by atoms with Crippen molar-refractivity contribution in [3.63, 3.8) is 0 Å². The molecule has 0 spiro atoms. The fourth-order valence-electron chi connectivity index (χ4n) is 1.90. The van der Waals surface area contributed by atoms with Gasteiger partial charge in [-0.15, -0.1) is 11.3 Å². The monoisotopic (exact) mass is 290 g/mol. The molecule has 0 atom stereocenters. The number of hydrogen-bond acceptors (Lipinski definition) is 4. The van der Waals surface area contributed by atoms with Gasteiger partial charge in [-0.1, -0.05) is 18.2 Å². The predicted molar refractivity (Wildman–Crippen MR) is 82.1 cm³/mol. The molecule has 0 aliphatic rings. The summed E-state index contributed by atoms with van der Waals surface area (Å²) < 4.78 is 5.12. The van der Waals surface area contributed by atoms with Gasteiger partial charge in [-0.3, -0.25) is 4.79 Å². The number of thiophene rings is 1. The lowest BCUT2D eigenvalue weighted by Gasteiger charge is -2.21. The third kappa shape index (κ3) is 3.11. The Morgan fingerprint density at radius 3 is 2.75 bits per heavy atom. The largest absolute Gasteiger partial charge is 0.496 e. The van der Waals surface area contributed by atoms with Crippen LogP contribution in [-0.4, -0.2) is 24.5 Å². The second-order valence-corrected chi connectivity index (χ2v) is 5.28. The first-order valence-electron chi connectivity index (χ1n) is 6.41. The van der Waals surface area contributed by atoms with Crippen LogP contribution in [0.3, 0.4) is 0 Å². The maximum atomic E-state index is 12.5. The first kappa shape index (κ1) is 14.4. The van der Waals surface area contributed by atoms with Crippen molar-refractivity contribution in [3.05, 3.63) is 46.2 Å². The summed E-state index contributed by atoms with van der Waals surface area (Å²) in [6, 6.07) is 9.38. The van der Waals surface area contributed by atoms with Gasteiger partial charge in [-0.05, 0) is 18.6 Å². The number of methoxy groups -OCH3 is 1. The van der Waals surface area contributed by atoms with E-state index in [-0.39, 0.29) is 5.91 Å². The third-order valence-electron chi connectivity index (χ3n) is 3.11. The number of amides is 1. The van der Waals surface area contributed by atoms with E-state index in [2.05, 4.69) is 0 Å². The topological polar surface area (TPSA) is 55.6 Å². The van der Waals surface area contributed by atoms with Gasteiger partial charge in [-0.25, -0.2) is 0 Å². The summed E-state index contributed by atoms with van der Waals surface area (Å²) in [5.41, 5.74) is 7.61. The van der Waals surface area contributed by atoms with Crippen LogP contribution in [0.2, 0.25) is 0 Å². The van der Waals surface area contributed by atoms with E-state index in [0.717, 1.165) is 5.56 Å². The van der Waals surface area contributed by atoms with Crippen LogP contribution in [0, 0.1) is 0 Å². The number of ether oxygens (including phenoxy) is 1. The fraction of sp³-hybridized carbons (Fsp3) is 0.267. The Kier molecular flexibility index (Phi) is 4.63. The minimum absolute atomic E-state index is 0.00375. The van der Waals surface area contributed by atoms with Crippen LogP contribution in [0.1, 0.15) is 22.2 Å². The first-order chi connectivity index (χ1) is 9.65. The van der Waals surface area contributed by atoms with E-state index in [1.165, 1.54) is 11.3 Å². The Labute approximate surface area is 122 Å². The molecule has 0 unspecified atom stereocenters. The molecule has 20 heavy (non-hydrogen) atoms. The van der Waals surface area contributed by atoms with Gasteiger partial charge < -0.3 is 15.4 Å². The molecule has 1 aromatic carbocycles. The van der Waals surface area contributed by atoms with Gasteiger partial charge in [-0.2, -0.15) is 0 Å². The Bertz CT molecular complexity index is 595. The molecule has 0 saturated heterocycles. The minimum atomic E-state index is 0.00375. The van der Waals surface area contributed by atoms with Crippen LogP contribution in [0.15, 0.2) is 35.7 Å². The van der Waals surface area contributed by atoms with Crippen LogP contribution >= 0.6 is 11.3 Å². The molecule has 106 valence electrons. The molecule has 0 bridgehead atoms. The number of benzene rings is 1. The Hall–Kier alpha value is -2.01. The molecule has 2 rings (SSSR count). The highest BCUT2D eigenvalue weighted by Gasteiger charge is 2.17. The number of anilines is 1. The highest BCUT2D eigenvalue weighted by Crippen LogP contribution is 2.23. The van der Waals surface area contributed by atoms with Crippen LogP contribution < -0.4 is 10.5 Å². The van der Waals surface area contributed by atoms with Gasteiger partial charge in [0.2, 0.25) is 0 Å². The zero-order chi connectivity index (χ0) is 14.5. The number of hydrogen-bond donors (Lipinski definition) is 1. The number of nitrogens with zero attached hydrogens (tertiary/aromatic N) is 1. The fourth-order valence-corrected chi connectivity index (χ4v) is 2.73. The Morgan fingerprint density at radius 2 is 2.15 bits per heavy atom. The predicted octanol–water partition coefficient (Wildman–Crippen LogP) is 3.00. The van der Waals surface area contributed by atoms with Crippen LogP contribution in [0.25, 0.3) is 0 Å². The van der Waals surface area contributed by atoms with Gasteiger partial charge in [0, 0.05) is 30.2 Å². The number of carbonyl (C=O) groups excluding carboxylic acids is 1. The molecule has 2 N–H and O–H groups in total. The second-order valence-electron chi connectivity index (χ2n) is 4.37. The molecule has 4 nitrogen and oxygen atoms in total. The van der Waals surface area contributed by atoms with Crippen molar-refractivity contribution in [2.45, 2.75) is 13.5 Å². The first-order valence-corrected chi connectivity index (χ1v) is 7.28.